The summed E-state index contributed by atoms with van der Waals surface area (Å²) in [4.78, 5) is 1.00. The number of halogens is 1. The van der Waals surface area contributed by atoms with Gasteiger partial charge in [0.05, 0.1) is 6.61 Å². The number of hydrogen-bond donors (Lipinski definition) is 1. The molecule has 0 aliphatic heterocycles. The lowest BCUT2D eigenvalue weighted by molar-refractivity contribution is 0.292. The van der Waals surface area contributed by atoms with Crippen LogP contribution in [0.5, 0.6) is 0 Å². The second kappa shape index (κ2) is 5.25. The molecule has 0 heterocycles. The van der Waals surface area contributed by atoms with Gasteiger partial charge in [-0.05, 0) is 30.7 Å². The van der Waals surface area contributed by atoms with Crippen LogP contribution in [0.1, 0.15) is 13.3 Å². The SMILES string of the molecule is CCC(CO)Sc1ccc(F)cc1. The van der Waals surface area contributed by atoms with Crippen molar-refractivity contribution in [2.24, 2.45) is 0 Å². The van der Waals surface area contributed by atoms with E-state index < -0.39 is 0 Å². The van der Waals surface area contributed by atoms with Gasteiger partial charge in [0.2, 0.25) is 0 Å². The van der Waals surface area contributed by atoms with E-state index >= 15 is 0 Å². The van der Waals surface area contributed by atoms with Crippen molar-refractivity contribution < 1.29 is 9.50 Å². The zero-order valence-corrected chi connectivity index (χ0v) is 8.35. The molecule has 1 aromatic rings. The Hall–Kier alpha value is -0.540. The highest BCUT2D eigenvalue weighted by molar-refractivity contribution is 8.00. The zero-order chi connectivity index (χ0) is 9.68. The molecule has 0 radical (unpaired) electrons. The predicted octanol–water partition coefficient (Wildman–Crippen LogP) is 2.69. The molecule has 1 nitrogen and oxygen atoms in total. The standard InChI is InChI=1S/C10H13FOS/c1-2-9(7-12)13-10-5-3-8(11)4-6-10/h3-6,9,12H,2,7H2,1H3. The Morgan fingerprint density at radius 3 is 2.46 bits per heavy atom. The van der Waals surface area contributed by atoms with Crippen molar-refractivity contribution in [3.8, 4) is 0 Å². The molecule has 0 aliphatic carbocycles. The van der Waals surface area contributed by atoms with E-state index in [1.165, 1.54) is 12.1 Å². The molecule has 0 spiro atoms. The van der Waals surface area contributed by atoms with Crippen LogP contribution in [0.25, 0.3) is 0 Å². The molecule has 0 fully saturated rings. The molecule has 0 aliphatic rings. The zero-order valence-electron chi connectivity index (χ0n) is 7.53. The van der Waals surface area contributed by atoms with E-state index in [0.29, 0.717) is 0 Å². The highest BCUT2D eigenvalue weighted by Crippen LogP contribution is 2.24. The van der Waals surface area contributed by atoms with Crippen molar-refractivity contribution in [2.45, 2.75) is 23.5 Å². The summed E-state index contributed by atoms with van der Waals surface area (Å²) in [6.07, 6.45) is 0.915. The van der Waals surface area contributed by atoms with E-state index in [4.69, 9.17) is 5.11 Å². The van der Waals surface area contributed by atoms with E-state index in [0.717, 1.165) is 11.3 Å². The number of aliphatic hydroxyl groups excluding tert-OH is 1. The van der Waals surface area contributed by atoms with Gasteiger partial charge in [-0.15, -0.1) is 11.8 Å². The molecule has 0 amide bonds. The maximum atomic E-state index is 12.5. The van der Waals surface area contributed by atoms with Crippen LogP contribution in [0.4, 0.5) is 4.39 Å². The third-order valence-electron chi connectivity index (χ3n) is 1.78. The van der Waals surface area contributed by atoms with Crippen LogP contribution in [0.15, 0.2) is 29.2 Å². The molecular weight excluding hydrogens is 187 g/mol. The largest absolute Gasteiger partial charge is 0.395 e. The summed E-state index contributed by atoms with van der Waals surface area (Å²) in [6.45, 7) is 2.19. The monoisotopic (exact) mass is 200 g/mol. The molecule has 3 heteroatoms. The van der Waals surface area contributed by atoms with E-state index in [1.807, 2.05) is 6.92 Å². The molecule has 1 rings (SSSR count). The third-order valence-corrected chi connectivity index (χ3v) is 3.14. The van der Waals surface area contributed by atoms with Crippen molar-refractivity contribution in [3.63, 3.8) is 0 Å². The first-order valence-corrected chi connectivity index (χ1v) is 5.17. The molecule has 1 atom stereocenters. The summed E-state index contributed by atoms with van der Waals surface area (Å²) < 4.78 is 12.5. The Labute approximate surface area is 82.0 Å². The van der Waals surface area contributed by atoms with Crippen LogP contribution < -0.4 is 0 Å². The van der Waals surface area contributed by atoms with Gasteiger partial charge in [0.1, 0.15) is 5.82 Å². The number of thioether (sulfide) groups is 1. The Morgan fingerprint density at radius 2 is 2.00 bits per heavy atom. The average Bonchev–Trinajstić information content (AvgIpc) is 2.17. The normalized spacial score (nSPS) is 12.8. The van der Waals surface area contributed by atoms with Crippen LogP contribution in [0.3, 0.4) is 0 Å². The van der Waals surface area contributed by atoms with E-state index in [2.05, 4.69) is 0 Å². The molecule has 0 bridgehead atoms. The maximum absolute atomic E-state index is 12.5. The first-order chi connectivity index (χ1) is 6.26. The number of hydrogen-bond acceptors (Lipinski definition) is 2. The number of benzene rings is 1. The summed E-state index contributed by atoms with van der Waals surface area (Å²) in [5.41, 5.74) is 0. The van der Waals surface area contributed by atoms with Gasteiger partial charge in [0.25, 0.3) is 0 Å². The van der Waals surface area contributed by atoms with Crippen molar-refractivity contribution in [3.05, 3.63) is 30.1 Å². The molecule has 0 aromatic heterocycles. The van der Waals surface area contributed by atoms with E-state index in [-0.39, 0.29) is 17.7 Å². The Morgan fingerprint density at radius 1 is 1.38 bits per heavy atom. The highest BCUT2D eigenvalue weighted by atomic mass is 32.2. The number of aliphatic hydroxyl groups is 1. The summed E-state index contributed by atoms with van der Waals surface area (Å²) >= 11 is 1.58. The number of rotatable bonds is 4. The summed E-state index contributed by atoms with van der Waals surface area (Å²) in [5.74, 6) is -0.221. The topological polar surface area (TPSA) is 20.2 Å². The molecule has 13 heavy (non-hydrogen) atoms. The van der Waals surface area contributed by atoms with Crippen molar-refractivity contribution >= 4 is 11.8 Å². The second-order valence-corrected chi connectivity index (χ2v) is 4.16. The minimum absolute atomic E-state index is 0.165. The summed E-state index contributed by atoms with van der Waals surface area (Å²) in [7, 11) is 0. The fraction of sp³-hybridized carbons (Fsp3) is 0.400. The lowest BCUT2D eigenvalue weighted by atomic mass is 10.3. The van der Waals surface area contributed by atoms with Gasteiger partial charge in [-0.2, -0.15) is 0 Å². The highest BCUT2D eigenvalue weighted by Gasteiger charge is 2.05. The van der Waals surface area contributed by atoms with Gasteiger partial charge >= 0.3 is 0 Å². The maximum Gasteiger partial charge on any atom is 0.123 e. The minimum atomic E-state index is -0.221. The van der Waals surface area contributed by atoms with Crippen LogP contribution in [-0.4, -0.2) is 17.0 Å². The first kappa shape index (κ1) is 10.5. The molecule has 0 saturated carbocycles. The average molecular weight is 200 g/mol. The molecule has 1 aromatic carbocycles. The lowest BCUT2D eigenvalue weighted by Crippen LogP contribution is -2.05. The predicted molar refractivity (Wildman–Crippen MR) is 53.4 cm³/mol. The quantitative estimate of drug-likeness (QED) is 0.754. The lowest BCUT2D eigenvalue weighted by Gasteiger charge is -2.10. The molecule has 1 N–H and O–H groups in total. The van der Waals surface area contributed by atoms with Crippen molar-refractivity contribution in [2.75, 3.05) is 6.61 Å². The Balaban J connectivity index is 2.58. The van der Waals surface area contributed by atoms with Crippen LogP contribution in [-0.2, 0) is 0 Å². The fourth-order valence-corrected chi connectivity index (χ4v) is 1.87. The minimum Gasteiger partial charge on any atom is -0.395 e. The second-order valence-electron chi connectivity index (χ2n) is 2.78. The first-order valence-electron chi connectivity index (χ1n) is 4.29. The Kier molecular flexibility index (Phi) is 4.25. The van der Waals surface area contributed by atoms with Crippen LogP contribution >= 0.6 is 11.8 Å². The van der Waals surface area contributed by atoms with Crippen LogP contribution in [0.2, 0.25) is 0 Å². The fourth-order valence-electron chi connectivity index (χ4n) is 0.955. The van der Waals surface area contributed by atoms with E-state index in [1.54, 1.807) is 23.9 Å². The van der Waals surface area contributed by atoms with Gasteiger partial charge in [-0.25, -0.2) is 4.39 Å². The van der Waals surface area contributed by atoms with E-state index in [9.17, 15) is 4.39 Å². The molecule has 1 unspecified atom stereocenters. The molecule has 72 valence electrons. The van der Waals surface area contributed by atoms with Crippen LogP contribution in [0, 0.1) is 5.82 Å². The summed E-state index contributed by atoms with van der Waals surface area (Å²) in [6, 6.07) is 6.34. The summed E-state index contributed by atoms with van der Waals surface area (Å²) in [5, 5.41) is 9.16. The molecular formula is C10H13FOS. The van der Waals surface area contributed by atoms with Gasteiger partial charge in [0.15, 0.2) is 0 Å². The van der Waals surface area contributed by atoms with Crippen molar-refractivity contribution in [1.82, 2.24) is 0 Å². The van der Waals surface area contributed by atoms with Gasteiger partial charge in [0, 0.05) is 10.1 Å². The smallest absolute Gasteiger partial charge is 0.123 e. The van der Waals surface area contributed by atoms with Gasteiger partial charge in [-0.3, -0.25) is 0 Å². The third kappa shape index (κ3) is 3.36. The van der Waals surface area contributed by atoms with Crippen molar-refractivity contribution in [1.29, 1.82) is 0 Å². The van der Waals surface area contributed by atoms with Gasteiger partial charge < -0.3 is 5.11 Å². The van der Waals surface area contributed by atoms with Gasteiger partial charge in [-0.1, -0.05) is 6.92 Å². The molecule has 0 saturated heterocycles. The Bertz CT molecular complexity index is 244.